The molecule has 0 aliphatic carbocycles. The molecule has 0 aliphatic rings. The van der Waals surface area contributed by atoms with E-state index in [1.165, 1.54) is 50.1 Å². The molecule has 4 aromatic carbocycles. The highest BCUT2D eigenvalue weighted by Crippen LogP contribution is 2.42. The van der Waals surface area contributed by atoms with Crippen molar-refractivity contribution in [1.82, 2.24) is 0 Å². The van der Waals surface area contributed by atoms with Gasteiger partial charge in [0.05, 0.1) is 0 Å². The fraction of sp³-hybridized carbons (Fsp3) is 0.312. The van der Waals surface area contributed by atoms with E-state index in [0.29, 0.717) is 0 Å². The van der Waals surface area contributed by atoms with Crippen LogP contribution in [0.5, 0.6) is 0 Å². The average molecular weight is 466 g/mol. The first-order chi connectivity index (χ1) is 17.1. The fourth-order valence-corrected chi connectivity index (χ4v) is 5.12. The molecule has 0 spiro atoms. The molecule has 0 saturated heterocycles. The predicted molar refractivity (Wildman–Crippen MR) is 156 cm³/mol. The molecular weight excluding hydrogens is 426 g/mol. The monoisotopic (exact) mass is 465 g/mol. The van der Waals surface area contributed by atoms with Crippen LogP contribution < -0.4 is 15.1 Å². The molecule has 4 rings (SSSR count). The van der Waals surface area contributed by atoms with Gasteiger partial charge in [-0.25, -0.2) is 0 Å². The van der Waals surface area contributed by atoms with Gasteiger partial charge in [0.25, 0.3) is 0 Å². The fourth-order valence-electron chi connectivity index (χ4n) is 5.12. The Kier molecular flexibility index (Phi) is 7.97. The molecule has 0 unspecified atom stereocenters. The van der Waals surface area contributed by atoms with Crippen molar-refractivity contribution in [3.63, 3.8) is 0 Å². The third-order valence-electron chi connectivity index (χ3n) is 7.00. The Morgan fingerprint density at radius 2 is 1.06 bits per heavy atom. The van der Waals surface area contributed by atoms with Gasteiger partial charge in [-0.3, -0.25) is 0 Å². The Morgan fingerprint density at radius 3 is 1.54 bits per heavy atom. The van der Waals surface area contributed by atoms with Gasteiger partial charge in [-0.2, -0.15) is 0 Å². The van der Waals surface area contributed by atoms with Gasteiger partial charge in [-0.05, 0) is 92.6 Å². The molecule has 35 heavy (non-hydrogen) atoms. The van der Waals surface area contributed by atoms with E-state index >= 15 is 0 Å². The van der Waals surface area contributed by atoms with E-state index < -0.39 is 0 Å². The van der Waals surface area contributed by atoms with E-state index in [9.17, 15) is 0 Å². The minimum absolute atomic E-state index is 0.891. The number of fused-ring (bicyclic) bond motifs is 1. The second-order valence-electron chi connectivity index (χ2n) is 8.86. The van der Waals surface area contributed by atoms with E-state index in [4.69, 9.17) is 0 Å². The summed E-state index contributed by atoms with van der Waals surface area (Å²) < 4.78 is 0. The van der Waals surface area contributed by atoms with Gasteiger partial charge in [-0.1, -0.05) is 48.5 Å². The molecular formula is C32H39N3. The van der Waals surface area contributed by atoms with Gasteiger partial charge in [-0.15, -0.1) is 0 Å². The van der Waals surface area contributed by atoms with Gasteiger partial charge in [0.15, 0.2) is 0 Å². The first kappa shape index (κ1) is 24.7. The predicted octanol–water partition coefficient (Wildman–Crippen LogP) is 8.30. The van der Waals surface area contributed by atoms with Crippen LogP contribution in [0.15, 0.2) is 78.9 Å². The first-order valence-electron chi connectivity index (χ1n) is 13.1. The maximum absolute atomic E-state index is 3.61. The van der Waals surface area contributed by atoms with E-state index in [0.717, 1.165) is 32.7 Å². The lowest BCUT2D eigenvalue weighted by Crippen LogP contribution is -2.21. The van der Waals surface area contributed by atoms with E-state index in [1.807, 2.05) is 0 Å². The molecule has 0 aliphatic heterocycles. The van der Waals surface area contributed by atoms with Crippen LogP contribution in [0.2, 0.25) is 0 Å². The quantitative estimate of drug-likeness (QED) is 0.254. The number of benzene rings is 4. The highest BCUT2D eigenvalue weighted by atomic mass is 15.1. The first-order valence-corrected chi connectivity index (χ1v) is 13.1. The molecule has 3 nitrogen and oxygen atoms in total. The standard InChI is InChI=1S/C32H39N3/c1-6-33-31-23-30(24-15-19-26(20-16-24)34(7-2)8-3)32(29-14-12-11-13-28(29)31)25-17-21-27(22-18-25)35(9-4)10-5/h11-23,33H,6-10H2,1-5H3. The van der Waals surface area contributed by atoms with Gasteiger partial charge in [0, 0.05) is 55.2 Å². The Bertz CT molecular complexity index is 1230. The van der Waals surface area contributed by atoms with Crippen LogP contribution in [0.1, 0.15) is 34.6 Å². The second kappa shape index (κ2) is 11.3. The van der Waals surface area contributed by atoms with Crippen molar-refractivity contribution in [3.8, 4) is 22.3 Å². The van der Waals surface area contributed by atoms with Gasteiger partial charge < -0.3 is 15.1 Å². The number of anilines is 3. The van der Waals surface area contributed by atoms with Crippen molar-refractivity contribution in [2.24, 2.45) is 0 Å². The van der Waals surface area contributed by atoms with Crippen LogP contribution in [-0.4, -0.2) is 32.7 Å². The molecule has 3 heteroatoms. The molecule has 0 atom stereocenters. The topological polar surface area (TPSA) is 18.5 Å². The molecule has 0 bridgehead atoms. The van der Waals surface area contributed by atoms with Crippen LogP contribution in [0.3, 0.4) is 0 Å². The Labute approximate surface area is 211 Å². The summed E-state index contributed by atoms with van der Waals surface area (Å²) in [5.41, 5.74) is 8.80. The van der Waals surface area contributed by atoms with Gasteiger partial charge >= 0.3 is 0 Å². The number of hydrogen-bond acceptors (Lipinski definition) is 3. The zero-order valence-corrected chi connectivity index (χ0v) is 21.9. The van der Waals surface area contributed by atoms with Crippen LogP contribution in [0, 0.1) is 0 Å². The summed E-state index contributed by atoms with van der Waals surface area (Å²) in [5.74, 6) is 0. The Balaban J connectivity index is 1.92. The number of nitrogens with zero attached hydrogens (tertiary/aromatic N) is 2. The van der Waals surface area contributed by atoms with Crippen molar-refractivity contribution >= 4 is 27.8 Å². The second-order valence-corrected chi connectivity index (χ2v) is 8.86. The Morgan fingerprint density at radius 1 is 0.571 bits per heavy atom. The molecule has 0 aromatic heterocycles. The highest BCUT2D eigenvalue weighted by molar-refractivity contribution is 6.09. The van der Waals surface area contributed by atoms with Crippen molar-refractivity contribution < 1.29 is 0 Å². The summed E-state index contributed by atoms with van der Waals surface area (Å²) in [6, 6.07) is 29.3. The maximum Gasteiger partial charge on any atom is 0.0426 e. The highest BCUT2D eigenvalue weighted by Gasteiger charge is 2.16. The van der Waals surface area contributed by atoms with Crippen LogP contribution in [-0.2, 0) is 0 Å². The maximum atomic E-state index is 3.61. The minimum Gasteiger partial charge on any atom is -0.385 e. The lowest BCUT2D eigenvalue weighted by molar-refractivity contribution is 0.866. The third kappa shape index (κ3) is 5.00. The molecule has 0 amide bonds. The van der Waals surface area contributed by atoms with E-state index in [1.54, 1.807) is 0 Å². The SMILES string of the molecule is CCNc1cc(-c2ccc(N(CC)CC)cc2)c(-c2ccc(N(CC)CC)cc2)c2ccccc12. The summed E-state index contributed by atoms with van der Waals surface area (Å²) in [6.07, 6.45) is 0. The summed E-state index contributed by atoms with van der Waals surface area (Å²) in [4.78, 5) is 4.78. The summed E-state index contributed by atoms with van der Waals surface area (Å²) >= 11 is 0. The molecule has 1 N–H and O–H groups in total. The summed E-state index contributed by atoms with van der Waals surface area (Å²) in [5, 5.41) is 6.16. The lowest BCUT2D eigenvalue weighted by Gasteiger charge is -2.23. The molecule has 0 heterocycles. The van der Waals surface area contributed by atoms with Crippen LogP contribution in [0.4, 0.5) is 17.1 Å². The zero-order chi connectivity index (χ0) is 24.8. The normalized spacial score (nSPS) is 11.0. The number of nitrogens with one attached hydrogen (secondary N) is 1. The Hall–Kier alpha value is -3.46. The largest absolute Gasteiger partial charge is 0.385 e. The third-order valence-corrected chi connectivity index (χ3v) is 7.00. The van der Waals surface area contributed by atoms with Crippen molar-refractivity contribution in [2.45, 2.75) is 34.6 Å². The van der Waals surface area contributed by atoms with Crippen LogP contribution in [0.25, 0.3) is 33.0 Å². The average Bonchev–Trinajstić information content (AvgIpc) is 2.91. The summed E-state index contributed by atoms with van der Waals surface area (Å²) in [6.45, 7) is 16.0. The minimum atomic E-state index is 0.891. The van der Waals surface area contributed by atoms with Crippen LogP contribution >= 0.6 is 0 Å². The number of hydrogen-bond donors (Lipinski definition) is 1. The lowest BCUT2D eigenvalue weighted by atomic mass is 9.88. The zero-order valence-electron chi connectivity index (χ0n) is 21.9. The summed E-state index contributed by atoms with van der Waals surface area (Å²) in [7, 11) is 0. The molecule has 0 fully saturated rings. The van der Waals surface area contributed by atoms with E-state index in [-0.39, 0.29) is 0 Å². The van der Waals surface area contributed by atoms with Crippen molar-refractivity contribution in [2.75, 3.05) is 47.8 Å². The molecule has 0 saturated carbocycles. The number of rotatable bonds is 10. The molecule has 4 aromatic rings. The van der Waals surface area contributed by atoms with Gasteiger partial charge in [0.2, 0.25) is 0 Å². The van der Waals surface area contributed by atoms with Crippen molar-refractivity contribution in [1.29, 1.82) is 0 Å². The molecule has 0 radical (unpaired) electrons. The molecule has 182 valence electrons. The van der Waals surface area contributed by atoms with E-state index in [2.05, 4.69) is 129 Å². The van der Waals surface area contributed by atoms with Gasteiger partial charge in [0.1, 0.15) is 0 Å². The van der Waals surface area contributed by atoms with Crippen molar-refractivity contribution in [3.05, 3.63) is 78.9 Å². The smallest absolute Gasteiger partial charge is 0.0426 e.